The molecule has 3 aromatic heterocycles. The van der Waals surface area contributed by atoms with E-state index < -0.39 is 11.6 Å². The highest BCUT2D eigenvalue weighted by atomic mass is 19.1. The van der Waals surface area contributed by atoms with E-state index in [2.05, 4.69) is 36.7 Å². The highest BCUT2D eigenvalue weighted by molar-refractivity contribution is 5.83. The van der Waals surface area contributed by atoms with Crippen LogP contribution in [0.3, 0.4) is 0 Å². The number of halogens is 2. The first kappa shape index (κ1) is 25.9. The van der Waals surface area contributed by atoms with Gasteiger partial charge in [0.15, 0.2) is 17.1 Å². The first-order valence-corrected chi connectivity index (χ1v) is 12.8. The zero-order valence-electron chi connectivity index (χ0n) is 22.1. The van der Waals surface area contributed by atoms with Crippen molar-refractivity contribution in [1.29, 1.82) is 0 Å². The maximum absolute atomic E-state index is 15.0. The van der Waals surface area contributed by atoms with Crippen LogP contribution in [0.2, 0.25) is 0 Å². The Balaban J connectivity index is 1.44. The molecular weight excluding hydrogens is 490 g/mol. The number of pyridine rings is 1. The van der Waals surface area contributed by atoms with Gasteiger partial charge in [-0.1, -0.05) is 13.0 Å². The van der Waals surface area contributed by atoms with Crippen molar-refractivity contribution >= 4 is 17.0 Å². The number of piperazine rings is 1. The molecule has 1 fully saturated rings. The second-order valence-corrected chi connectivity index (χ2v) is 9.88. The first-order valence-electron chi connectivity index (χ1n) is 12.8. The molecule has 38 heavy (non-hydrogen) atoms. The van der Waals surface area contributed by atoms with Gasteiger partial charge in [-0.15, -0.1) is 0 Å². The molecule has 0 spiro atoms. The number of imidazole rings is 1. The molecule has 200 valence electrons. The SMILES string of the molecule is CCN1CCN(Cc2ccc(=Nc3ncc(F)c(-c4cc(F)c5nc(C)n(C(C)C)c5c4)n3)n(O)c2)CC1. The molecule has 4 aromatic rings. The van der Waals surface area contributed by atoms with E-state index in [1.54, 1.807) is 18.3 Å². The van der Waals surface area contributed by atoms with Crippen LogP contribution in [-0.2, 0) is 6.54 Å². The fourth-order valence-electron chi connectivity index (χ4n) is 5.00. The lowest BCUT2D eigenvalue weighted by molar-refractivity contribution is 0.129. The zero-order valence-corrected chi connectivity index (χ0v) is 22.1. The second-order valence-electron chi connectivity index (χ2n) is 9.88. The van der Waals surface area contributed by atoms with Crippen LogP contribution in [0.25, 0.3) is 22.3 Å². The van der Waals surface area contributed by atoms with Gasteiger partial charge in [-0.25, -0.2) is 23.7 Å². The van der Waals surface area contributed by atoms with Gasteiger partial charge in [0.2, 0.25) is 0 Å². The summed E-state index contributed by atoms with van der Waals surface area (Å²) in [6.45, 7) is 13.7. The smallest absolute Gasteiger partial charge is 0.252 e. The lowest BCUT2D eigenvalue weighted by Gasteiger charge is -2.33. The Hall–Kier alpha value is -3.70. The molecule has 0 amide bonds. The van der Waals surface area contributed by atoms with Crippen molar-refractivity contribution in [3.63, 3.8) is 0 Å². The molecule has 1 aromatic carbocycles. The van der Waals surface area contributed by atoms with Crippen molar-refractivity contribution < 1.29 is 14.0 Å². The molecule has 9 nitrogen and oxygen atoms in total. The maximum Gasteiger partial charge on any atom is 0.252 e. The largest absolute Gasteiger partial charge is 0.427 e. The molecule has 0 unspecified atom stereocenters. The minimum Gasteiger partial charge on any atom is -0.427 e. The predicted octanol–water partition coefficient (Wildman–Crippen LogP) is 4.07. The molecule has 4 heterocycles. The van der Waals surface area contributed by atoms with E-state index in [1.807, 2.05) is 31.4 Å². The molecule has 1 N–H and O–H groups in total. The summed E-state index contributed by atoms with van der Waals surface area (Å²) in [5.41, 5.74) is 2.09. The van der Waals surface area contributed by atoms with Crippen molar-refractivity contribution in [2.45, 2.75) is 40.3 Å². The number of aryl methyl sites for hydroxylation is 1. The van der Waals surface area contributed by atoms with Gasteiger partial charge in [-0.2, -0.15) is 9.72 Å². The average molecular weight is 523 g/mol. The van der Waals surface area contributed by atoms with Crippen LogP contribution >= 0.6 is 0 Å². The molecule has 0 radical (unpaired) electrons. The molecule has 5 rings (SSSR count). The van der Waals surface area contributed by atoms with E-state index in [1.165, 1.54) is 6.07 Å². The third kappa shape index (κ3) is 5.16. The van der Waals surface area contributed by atoms with E-state index in [-0.39, 0.29) is 34.3 Å². The Morgan fingerprint density at radius 1 is 1.03 bits per heavy atom. The molecule has 0 aliphatic carbocycles. The summed E-state index contributed by atoms with van der Waals surface area (Å²) in [7, 11) is 0. The normalized spacial score (nSPS) is 15.7. The van der Waals surface area contributed by atoms with E-state index in [0.29, 0.717) is 11.3 Å². The number of hydrogen-bond acceptors (Lipinski definition) is 7. The van der Waals surface area contributed by atoms with Crippen molar-refractivity contribution in [3.05, 3.63) is 65.2 Å². The number of likely N-dealkylation sites (N-methyl/N-ethyl adjacent to an activating group) is 1. The summed E-state index contributed by atoms with van der Waals surface area (Å²) in [6.07, 6.45) is 2.61. The second kappa shape index (κ2) is 10.6. The fraction of sp³-hybridized carbons (Fsp3) is 0.407. The van der Waals surface area contributed by atoms with Crippen LogP contribution < -0.4 is 5.49 Å². The maximum atomic E-state index is 15.0. The lowest BCUT2D eigenvalue weighted by atomic mass is 10.1. The Morgan fingerprint density at radius 2 is 1.76 bits per heavy atom. The van der Waals surface area contributed by atoms with Crippen molar-refractivity contribution in [1.82, 2.24) is 34.0 Å². The van der Waals surface area contributed by atoms with Gasteiger partial charge in [0.25, 0.3) is 5.95 Å². The molecule has 11 heteroatoms. The Labute approximate surface area is 219 Å². The fourth-order valence-corrected chi connectivity index (χ4v) is 5.00. The minimum absolute atomic E-state index is 0.0411. The molecule has 0 saturated carbocycles. The van der Waals surface area contributed by atoms with Crippen LogP contribution in [0.4, 0.5) is 14.7 Å². The summed E-state index contributed by atoms with van der Waals surface area (Å²) in [4.78, 5) is 21.6. The standard InChI is InChI=1S/C27H32F2N8O/c1-5-34-8-10-35(11-9-34)15-19-6-7-24(36(38)16-19)32-27-30-14-22(29)25(33-27)20-12-21(28)26-23(13-20)37(17(2)3)18(4)31-26/h6-7,12-14,16-17,38H,5,8-11,15H2,1-4H3. The van der Waals surface area contributed by atoms with Gasteiger partial charge < -0.3 is 14.7 Å². The number of fused-ring (bicyclic) bond motifs is 1. The number of benzene rings is 1. The Morgan fingerprint density at radius 3 is 2.45 bits per heavy atom. The zero-order chi connectivity index (χ0) is 27.0. The average Bonchev–Trinajstić information content (AvgIpc) is 3.24. The van der Waals surface area contributed by atoms with E-state index in [9.17, 15) is 14.0 Å². The van der Waals surface area contributed by atoms with Gasteiger partial charge in [-0.3, -0.25) is 4.90 Å². The summed E-state index contributed by atoms with van der Waals surface area (Å²) in [5.74, 6) is -0.646. The highest BCUT2D eigenvalue weighted by Gasteiger charge is 2.19. The highest BCUT2D eigenvalue weighted by Crippen LogP contribution is 2.30. The lowest BCUT2D eigenvalue weighted by Crippen LogP contribution is -2.45. The van der Waals surface area contributed by atoms with Gasteiger partial charge in [0, 0.05) is 44.3 Å². The van der Waals surface area contributed by atoms with Gasteiger partial charge >= 0.3 is 0 Å². The van der Waals surface area contributed by atoms with Crippen LogP contribution in [0.1, 0.15) is 38.2 Å². The summed E-state index contributed by atoms with van der Waals surface area (Å²) >= 11 is 0. The molecule has 0 bridgehead atoms. The molecule has 1 aliphatic rings. The number of nitrogens with zero attached hydrogens (tertiary/aromatic N) is 8. The van der Waals surface area contributed by atoms with Gasteiger partial charge in [0.05, 0.1) is 17.9 Å². The van der Waals surface area contributed by atoms with Crippen molar-refractivity contribution in [3.8, 4) is 11.3 Å². The van der Waals surface area contributed by atoms with Crippen LogP contribution in [0.5, 0.6) is 0 Å². The summed E-state index contributed by atoms with van der Waals surface area (Å²) < 4.78 is 32.6. The van der Waals surface area contributed by atoms with E-state index >= 15 is 0 Å². The Kier molecular flexibility index (Phi) is 7.22. The topological polar surface area (TPSA) is 87.6 Å². The van der Waals surface area contributed by atoms with Crippen molar-refractivity contribution in [2.24, 2.45) is 4.99 Å². The number of rotatable bonds is 6. The van der Waals surface area contributed by atoms with Crippen LogP contribution in [0, 0.1) is 18.6 Å². The van der Waals surface area contributed by atoms with Gasteiger partial charge in [-0.05, 0) is 51.1 Å². The van der Waals surface area contributed by atoms with Crippen LogP contribution in [-0.4, -0.2) is 72.0 Å². The van der Waals surface area contributed by atoms with Crippen LogP contribution in [0.15, 0.2) is 41.7 Å². The monoisotopic (exact) mass is 522 g/mol. The third-order valence-corrected chi connectivity index (χ3v) is 6.95. The minimum atomic E-state index is -0.703. The van der Waals surface area contributed by atoms with E-state index in [4.69, 9.17) is 0 Å². The van der Waals surface area contributed by atoms with E-state index in [0.717, 1.165) is 55.8 Å². The summed E-state index contributed by atoms with van der Waals surface area (Å²) in [6, 6.07) is 6.49. The summed E-state index contributed by atoms with van der Waals surface area (Å²) in [5, 5.41) is 10.6. The molecular formula is C27H32F2N8O. The van der Waals surface area contributed by atoms with Gasteiger partial charge in [0.1, 0.15) is 17.0 Å². The number of aromatic nitrogens is 5. The Bertz CT molecular complexity index is 1540. The molecule has 1 aliphatic heterocycles. The predicted molar refractivity (Wildman–Crippen MR) is 140 cm³/mol. The molecule has 0 atom stereocenters. The number of hydrogen-bond donors (Lipinski definition) is 1. The third-order valence-electron chi connectivity index (χ3n) is 6.95. The molecule has 1 saturated heterocycles. The first-order chi connectivity index (χ1) is 18.2. The van der Waals surface area contributed by atoms with Crippen molar-refractivity contribution in [2.75, 3.05) is 32.7 Å². The quantitative estimate of drug-likeness (QED) is 0.384.